The molecule has 0 spiro atoms. The zero-order chi connectivity index (χ0) is 31.5. The second kappa shape index (κ2) is 21.0. The molecule has 2 aromatic rings. The maximum atomic E-state index is 11.8. The van der Waals surface area contributed by atoms with Crippen LogP contribution < -0.4 is 0 Å². The van der Waals surface area contributed by atoms with E-state index in [4.69, 9.17) is 38.3 Å². The van der Waals surface area contributed by atoms with Gasteiger partial charge in [-0.1, -0.05) is 76.6 Å². The van der Waals surface area contributed by atoms with Crippen LogP contribution in [0.2, 0.25) is 0 Å². The van der Waals surface area contributed by atoms with E-state index in [1.165, 1.54) is 4.90 Å². The van der Waals surface area contributed by atoms with Gasteiger partial charge in [0.05, 0.1) is 50.3 Å². The van der Waals surface area contributed by atoms with E-state index in [-0.39, 0.29) is 50.2 Å². The fraction of sp³-hybridized carbons (Fsp3) is 0.533. The second-order valence-electron chi connectivity index (χ2n) is 9.46. The molecule has 2 fully saturated rings. The first-order valence-electron chi connectivity index (χ1n) is 13.7. The highest BCUT2D eigenvalue weighted by Crippen LogP contribution is 2.15. The molecule has 43 heavy (non-hydrogen) atoms. The Kier molecular flexibility index (Phi) is 17.8. The van der Waals surface area contributed by atoms with Crippen LogP contribution in [0.4, 0.5) is 9.59 Å². The number of amides is 2. The van der Waals surface area contributed by atoms with Crippen molar-refractivity contribution in [1.29, 1.82) is 0 Å². The van der Waals surface area contributed by atoms with E-state index in [1.54, 1.807) is 33.3 Å². The fourth-order valence-corrected chi connectivity index (χ4v) is 4.12. The third-order valence-corrected chi connectivity index (χ3v) is 6.81. The van der Waals surface area contributed by atoms with Crippen LogP contribution in [0.25, 0.3) is 0 Å². The lowest BCUT2D eigenvalue weighted by molar-refractivity contribution is -0.165. The number of likely N-dealkylation sites (tertiary alicyclic amines) is 2. The molecule has 12 nitrogen and oxygen atoms in total. The number of benzene rings is 2. The Morgan fingerprint density at radius 3 is 1.51 bits per heavy atom. The number of ether oxygens (including phenoxy) is 7. The predicted molar refractivity (Wildman–Crippen MR) is 162 cm³/mol. The minimum atomic E-state index is -0.380. The van der Waals surface area contributed by atoms with Gasteiger partial charge in [0.15, 0.2) is 12.6 Å². The van der Waals surface area contributed by atoms with Gasteiger partial charge in [0.25, 0.3) is 0 Å². The third kappa shape index (κ3) is 14.0. The highest BCUT2D eigenvalue weighted by atomic mass is 79.9. The van der Waals surface area contributed by atoms with Crippen molar-refractivity contribution in [2.24, 2.45) is 0 Å². The zero-order valence-electron chi connectivity index (χ0n) is 25.1. The molecule has 0 aliphatic carbocycles. The largest absolute Gasteiger partial charge is 0.445 e. The fourth-order valence-electron chi connectivity index (χ4n) is 3.59. The average molecular weight is 672 g/mol. The van der Waals surface area contributed by atoms with Crippen molar-refractivity contribution >= 4 is 28.1 Å². The van der Waals surface area contributed by atoms with Crippen molar-refractivity contribution in [3.63, 3.8) is 0 Å². The summed E-state index contributed by atoms with van der Waals surface area (Å²) in [6, 6.07) is 19.1. The summed E-state index contributed by atoms with van der Waals surface area (Å²) in [6.45, 7) is 2.76. The Morgan fingerprint density at radius 1 is 0.744 bits per heavy atom. The van der Waals surface area contributed by atoms with Crippen LogP contribution in [0, 0.1) is 0 Å². The van der Waals surface area contributed by atoms with Gasteiger partial charge in [0.1, 0.15) is 13.2 Å². The molecule has 0 bridgehead atoms. The minimum Gasteiger partial charge on any atom is -0.445 e. The molecule has 1 N–H and O–H groups in total. The Hall–Kier alpha value is -2.78. The van der Waals surface area contributed by atoms with Gasteiger partial charge in [-0.05, 0) is 11.1 Å². The molecule has 4 rings (SSSR count). The molecular formula is C30H43BrN2O10. The number of β-amino-alcohol motifs (C(OH)–C–C–N with tert-alkyl or cyclic N) is 1. The highest BCUT2D eigenvalue weighted by molar-refractivity contribution is 9.09. The summed E-state index contributed by atoms with van der Waals surface area (Å²) in [5.41, 5.74) is 1.94. The number of halogens is 1. The van der Waals surface area contributed by atoms with Crippen LogP contribution in [-0.2, 0) is 46.4 Å². The summed E-state index contributed by atoms with van der Waals surface area (Å²) in [5, 5.41) is 9.73. The van der Waals surface area contributed by atoms with Crippen molar-refractivity contribution in [3.8, 4) is 0 Å². The quantitative estimate of drug-likeness (QED) is 0.264. The zero-order valence-corrected chi connectivity index (χ0v) is 26.7. The number of hydrogen-bond donors (Lipinski definition) is 1. The van der Waals surface area contributed by atoms with Gasteiger partial charge < -0.3 is 48.1 Å². The summed E-state index contributed by atoms with van der Waals surface area (Å²) in [5.74, 6) is 0. The van der Waals surface area contributed by atoms with Gasteiger partial charge in [-0.3, -0.25) is 0 Å². The van der Waals surface area contributed by atoms with Crippen LogP contribution in [0.15, 0.2) is 60.7 Å². The number of methoxy groups -OCH3 is 4. The van der Waals surface area contributed by atoms with Crippen molar-refractivity contribution < 1.29 is 47.9 Å². The Labute approximate surface area is 261 Å². The smallest absolute Gasteiger partial charge is 0.410 e. The molecule has 2 saturated heterocycles. The number of carbonyl (C=O) groups excluding carboxylic acids is 2. The van der Waals surface area contributed by atoms with Gasteiger partial charge in [0.2, 0.25) is 0 Å². The summed E-state index contributed by atoms with van der Waals surface area (Å²) >= 11 is 3.19. The van der Waals surface area contributed by atoms with Crippen molar-refractivity contribution in [2.75, 3.05) is 66.6 Å². The first-order chi connectivity index (χ1) is 20.8. The van der Waals surface area contributed by atoms with E-state index in [0.717, 1.165) is 16.5 Å². The molecule has 0 saturated carbocycles. The number of aliphatic hydroxyl groups excluding tert-OH is 1. The first-order valence-corrected chi connectivity index (χ1v) is 14.8. The SMILES string of the molecule is COC(CBr)OC.COC(COC1CN(C(=O)OCc2ccccc2)C1)OC.O=C(OCc1ccccc1)N1CC(O)C1. The molecule has 0 unspecified atom stereocenters. The number of rotatable bonds is 12. The Bertz CT molecular complexity index is 1010. The number of carbonyl (C=O) groups is 2. The summed E-state index contributed by atoms with van der Waals surface area (Å²) < 4.78 is 35.5. The van der Waals surface area contributed by atoms with E-state index < -0.39 is 0 Å². The van der Waals surface area contributed by atoms with Crippen molar-refractivity contribution in [1.82, 2.24) is 9.80 Å². The molecule has 2 aliphatic heterocycles. The number of aliphatic hydroxyl groups is 1. The molecule has 0 aromatic heterocycles. The molecule has 0 atom stereocenters. The number of nitrogens with zero attached hydrogens (tertiary/aromatic N) is 2. The van der Waals surface area contributed by atoms with Gasteiger partial charge >= 0.3 is 12.2 Å². The number of alkyl halides is 1. The summed E-state index contributed by atoms with van der Waals surface area (Å²) in [7, 11) is 6.34. The standard InChI is InChI=1S/C15H21NO5.C11H13NO3.C4H9BrO2/c1-18-14(19-2)11-20-13-8-16(9-13)15(17)21-10-12-6-4-3-5-7-12;13-10-6-12(7-10)11(14)15-8-9-4-2-1-3-5-9;1-6-4(3-5)7-2/h3-7,13-14H,8-11H2,1-2H3;1-5,10,13H,6-8H2;4H,3H2,1-2H3. The lowest BCUT2D eigenvalue weighted by Crippen LogP contribution is -2.55. The summed E-state index contributed by atoms with van der Waals surface area (Å²) in [4.78, 5) is 26.2. The van der Waals surface area contributed by atoms with Gasteiger partial charge in [-0.2, -0.15) is 0 Å². The molecular weight excluding hydrogens is 628 g/mol. The maximum Gasteiger partial charge on any atom is 0.410 e. The molecule has 2 aromatic carbocycles. The lowest BCUT2D eigenvalue weighted by Gasteiger charge is -2.38. The molecule has 13 heteroatoms. The van der Waals surface area contributed by atoms with Crippen molar-refractivity contribution in [2.45, 2.75) is 38.0 Å². The topological polar surface area (TPSA) is 125 Å². The molecule has 2 amide bonds. The van der Waals surface area contributed by atoms with Crippen LogP contribution in [0.3, 0.4) is 0 Å². The third-order valence-electron chi connectivity index (χ3n) is 6.28. The van der Waals surface area contributed by atoms with Crippen LogP contribution in [-0.4, -0.2) is 118 Å². The van der Waals surface area contributed by atoms with Gasteiger partial charge in [-0.15, -0.1) is 0 Å². The molecule has 2 heterocycles. The summed E-state index contributed by atoms with van der Waals surface area (Å²) in [6.07, 6.45) is -1.50. The normalized spacial score (nSPS) is 14.6. The number of hydrogen-bond acceptors (Lipinski definition) is 10. The van der Waals surface area contributed by atoms with Gasteiger partial charge in [0, 0.05) is 28.4 Å². The van der Waals surface area contributed by atoms with Crippen molar-refractivity contribution in [3.05, 3.63) is 71.8 Å². The van der Waals surface area contributed by atoms with Crippen LogP contribution >= 0.6 is 15.9 Å². The highest BCUT2D eigenvalue weighted by Gasteiger charge is 2.33. The Balaban J connectivity index is 0.000000255. The predicted octanol–water partition coefficient (Wildman–Crippen LogP) is 3.64. The maximum absolute atomic E-state index is 11.8. The van der Waals surface area contributed by atoms with E-state index >= 15 is 0 Å². The van der Waals surface area contributed by atoms with Crippen LogP contribution in [0.5, 0.6) is 0 Å². The van der Waals surface area contributed by atoms with Crippen LogP contribution in [0.1, 0.15) is 11.1 Å². The van der Waals surface area contributed by atoms with Gasteiger partial charge in [-0.25, -0.2) is 9.59 Å². The minimum absolute atomic E-state index is 0.0158. The second-order valence-corrected chi connectivity index (χ2v) is 10.1. The first kappa shape index (κ1) is 36.4. The van der Waals surface area contributed by atoms with E-state index in [0.29, 0.717) is 32.8 Å². The molecule has 2 aliphatic rings. The lowest BCUT2D eigenvalue weighted by atomic mass is 10.2. The van der Waals surface area contributed by atoms with E-state index in [9.17, 15) is 9.59 Å². The van der Waals surface area contributed by atoms with E-state index in [1.807, 2.05) is 60.7 Å². The average Bonchev–Trinajstić information content (AvgIpc) is 3.01. The Morgan fingerprint density at radius 2 is 1.16 bits per heavy atom. The monoisotopic (exact) mass is 670 g/mol. The van der Waals surface area contributed by atoms with E-state index in [2.05, 4.69) is 15.9 Å². The molecule has 0 radical (unpaired) electrons. The molecule has 240 valence electrons.